The molecule has 138 valence electrons. The van der Waals surface area contributed by atoms with Gasteiger partial charge in [0.1, 0.15) is 0 Å². The number of nitrogens with zero attached hydrogens (tertiary/aromatic N) is 3. The van der Waals surface area contributed by atoms with Crippen LogP contribution < -0.4 is 10.6 Å². The second-order valence-corrected chi connectivity index (χ2v) is 6.33. The van der Waals surface area contributed by atoms with Crippen molar-refractivity contribution in [2.45, 2.75) is 47.1 Å². The third kappa shape index (κ3) is 11.6. The molecule has 0 rings (SSSR count). The van der Waals surface area contributed by atoms with Crippen molar-refractivity contribution in [2.24, 2.45) is 4.99 Å². The second-order valence-electron chi connectivity index (χ2n) is 6.33. The van der Waals surface area contributed by atoms with Crippen molar-refractivity contribution in [2.75, 3.05) is 46.3 Å². The van der Waals surface area contributed by atoms with Crippen LogP contribution in [0.15, 0.2) is 4.99 Å². The molecule has 1 amide bonds. The Balaban J connectivity index is 0. The fourth-order valence-electron chi connectivity index (χ4n) is 2.02. The minimum Gasteiger partial charge on any atom is -0.357 e. The number of likely N-dealkylation sites (N-methyl/N-ethyl adjacent to an activating group) is 2. The summed E-state index contributed by atoms with van der Waals surface area (Å²) >= 11 is 0. The van der Waals surface area contributed by atoms with Crippen molar-refractivity contribution < 1.29 is 4.79 Å². The molecule has 0 aliphatic heterocycles. The first-order chi connectivity index (χ1) is 10.2. The van der Waals surface area contributed by atoms with Gasteiger partial charge in [0.2, 0.25) is 5.91 Å². The third-order valence-corrected chi connectivity index (χ3v) is 3.21. The van der Waals surface area contributed by atoms with E-state index in [0.717, 1.165) is 32.1 Å². The number of hydrogen-bond donors (Lipinski definition) is 2. The Morgan fingerprint density at radius 2 is 1.70 bits per heavy atom. The number of hydrogen-bond acceptors (Lipinski definition) is 3. The Labute approximate surface area is 159 Å². The molecule has 0 aliphatic rings. The Kier molecular flexibility index (Phi) is 13.7. The number of carbonyl (C=O) groups excluding carboxylic acids is 1. The summed E-state index contributed by atoms with van der Waals surface area (Å²) in [6.07, 6.45) is 0. The molecule has 0 aromatic heterocycles. The van der Waals surface area contributed by atoms with E-state index >= 15 is 0 Å². The zero-order valence-corrected chi connectivity index (χ0v) is 18.2. The van der Waals surface area contributed by atoms with E-state index in [1.807, 2.05) is 37.6 Å². The molecule has 0 aromatic carbocycles. The van der Waals surface area contributed by atoms with Crippen LogP contribution >= 0.6 is 24.0 Å². The van der Waals surface area contributed by atoms with Gasteiger partial charge in [-0.25, -0.2) is 0 Å². The number of carbonyl (C=O) groups is 1. The average Bonchev–Trinajstić information content (AvgIpc) is 2.42. The van der Waals surface area contributed by atoms with Crippen molar-refractivity contribution in [1.29, 1.82) is 0 Å². The normalized spacial score (nSPS) is 11.7. The summed E-state index contributed by atoms with van der Waals surface area (Å²) in [5, 5.41) is 6.64. The highest BCUT2D eigenvalue weighted by Crippen LogP contribution is 1.97. The van der Waals surface area contributed by atoms with E-state index in [1.54, 1.807) is 0 Å². The quantitative estimate of drug-likeness (QED) is 0.261. The number of rotatable bonds is 8. The number of nitrogens with one attached hydrogen (secondary N) is 2. The van der Waals surface area contributed by atoms with Gasteiger partial charge < -0.3 is 20.4 Å². The van der Waals surface area contributed by atoms with Crippen LogP contribution in [-0.4, -0.2) is 73.5 Å². The van der Waals surface area contributed by atoms with Crippen molar-refractivity contribution in [3.05, 3.63) is 0 Å². The fourth-order valence-corrected chi connectivity index (χ4v) is 2.02. The number of aliphatic imine (C=N–C) groups is 1. The summed E-state index contributed by atoms with van der Waals surface area (Å²) in [5.41, 5.74) is 0.0957. The SMILES string of the molecule is CCNC(=NCCNC(C)(C)C)N(C)CC(=O)N(CC)CC.I. The molecule has 23 heavy (non-hydrogen) atoms. The van der Waals surface area contributed by atoms with Crippen LogP contribution in [0.3, 0.4) is 0 Å². The Bertz CT molecular complexity index is 351. The van der Waals surface area contributed by atoms with E-state index in [1.165, 1.54) is 0 Å². The Morgan fingerprint density at radius 3 is 2.13 bits per heavy atom. The summed E-state index contributed by atoms with van der Waals surface area (Å²) in [7, 11) is 1.90. The van der Waals surface area contributed by atoms with E-state index in [2.05, 4.69) is 36.4 Å². The average molecular weight is 441 g/mol. The molecule has 0 bridgehead atoms. The van der Waals surface area contributed by atoms with Crippen molar-refractivity contribution in [3.63, 3.8) is 0 Å². The summed E-state index contributed by atoms with van der Waals surface area (Å²) in [6.45, 7) is 16.6. The monoisotopic (exact) mass is 441 g/mol. The highest BCUT2D eigenvalue weighted by Gasteiger charge is 2.15. The molecule has 0 aliphatic carbocycles. The largest absolute Gasteiger partial charge is 0.357 e. The van der Waals surface area contributed by atoms with E-state index in [0.29, 0.717) is 13.1 Å². The maximum Gasteiger partial charge on any atom is 0.242 e. The summed E-state index contributed by atoms with van der Waals surface area (Å²) in [5.74, 6) is 0.907. The molecule has 6 nitrogen and oxygen atoms in total. The summed E-state index contributed by atoms with van der Waals surface area (Å²) < 4.78 is 0. The van der Waals surface area contributed by atoms with Crippen LogP contribution in [0.2, 0.25) is 0 Å². The molecule has 0 fully saturated rings. The standard InChI is InChI=1S/C16H35N5O.HI/c1-8-17-15(18-11-12-19-16(4,5)6)20(7)13-14(22)21(9-2)10-3;/h19H,8-13H2,1-7H3,(H,17,18);1H. The van der Waals surface area contributed by atoms with Gasteiger partial charge in [-0.05, 0) is 41.5 Å². The molecule has 0 unspecified atom stereocenters. The molecule has 0 saturated heterocycles. The van der Waals surface area contributed by atoms with Gasteiger partial charge in [-0.2, -0.15) is 0 Å². The topological polar surface area (TPSA) is 60.0 Å². The van der Waals surface area contributed by atoms with E-state index in [4.69, 9.17) is 0 Å². The molecule has 0 saturated carbocycles. The highest BCUT2D eigenvalue weighted by atomic mass is 127. The van der Waals surface area contributed by atoms with Crippen molar-refractivity contribution in [1.82, 2.24) is 20.4 Å². The van der Waals surface area contributed by atoms with Gasteiger partial charge in [0.25, 0.3) is 0 Å². The smallest absolute Gasteiger partial charge is 0.242 e. The van der Waals surface area contributed by atoms with Gasteiger partial charge in [-0.3, -0.25) is 9.79 Å². The lowest BCUT2D eigenvalue weighted by atomic mass is 10.1. The third-order valence-electron chi connectivity index (χ3n) is 3.21. The van der Waals surface area contributed by atoms with Gasteiger partial charge in [0.05, 0.1) is 13.1 Å². The van der Waals surface area contributed by atoms with Crippen LogP contribution in [0.1, 0.15) is 41.5 Å². The van der Waals surface area contributed by atoms with Crippen molar-refractivity contribution in [3.8, 4) is 0 Å². The maximum absolute atomic E-state index is 12.2. The zero-order chi connectivity index (χ0) is 17.2. The van der Waals surface area contributed by atoms with Crippen LogP contribution in [0, 0.1) is 0 Å². The van der Waals surface area contributed by atoms with Gasteiger partial charge in [-0.15, -0.1) is 24.0 Å². The lowest BCUT2D eigenvalue weighted by Crippen LogP contribution is -2.46. The van der Waals surface area contributed by atoms with Gasteiger partial charge >= 0.3 is 0 Å². The highest BCUT2D eigenvalue weighted by molar-refractivity contribution is 14.0. The first kappa shape index (κ1) is 24.7. The fraction of sp³-hybridized carbons (Fsp3) is 0.875. The van der Waals surface area contributed by atoms with E-state index in [-0.39, 0.29) is 35.4 Å². The molecule has 7 heteroatoms. The van der Waals surface area contributed by atoms with E-state index in [9.17, 15) is 4.79 Å². The van der Waals surface area contributed by atoms with Crippen LogP contribution in [0.25, 0.3) is 0 Å². The Morgan fingerprint density at radius 1 is 1.13 bits per heavy atom. The zero-order valence-electron chi connectivity index (χ0n) is 15.9. The molecule has 0 heterocycles. The molecule has 2 N–H and O–H groups in total. The van der Waals surface area contributed by atoms with E-state index < -0.39 is 0 Å². The van der Waals surface area contributed by atoms with Crippen LogP contribution in [0.4, 0.5) is 0 Å². The molecule has 0 aromatic rings. The van der Waals surface area contributed by atoms with Gasteiger partial charge in [0.15, 0.2) is 5.96 Å². The maximum atomic E-state index is 12.2. The first-order valence-electron chi connectivity index (χ1n) is 8.27. The minimum absolute atomic E-state index is 0. The lowest BCUT2D eigenvalue weighted by molar-refractivity contribution is -0.131. The van der Waals surface area contributed by atoms with Crippen LogP contribution in [0.5, 0.6) is 0 Å². The minimum atomic E-state index is 0. The predicted molar refractivity (Wildman–Crippen MR) is 110 cm³/mol. The molecule has 0 atom stereocenters. The summed E-state index contributed by atoms with van der Waals surface area (Å²) in [6, 6.07) is 0. The predicted octanol–water partition coefficient (Wildman–Crippen LogP) is 1.76. The van der Waals surface area contributed by atoms with Crippen LogP contribution in [-0.2, 0) is 4.79 Å². The number of guanidine groups is 1. The molecule has 0 spiro atoms. The summed E-state index contributed by atoms with van der Waals surface area (Å²) in [4.78, 5) is 20.5. The number of amides is 1. The number of halogens is 1. The Hall–Kier alpha value is -0.570. The van der Waals surface area contributed by atoms with Gasteiger partial charge in [0, 0.05) is 38.8 Å². The lowest BCUT2D eigenvalue weighted by Gasteiger charge is -2.26. The van der Waals surface area contributed by atoms with Gasteiger partial charge in [-0.1, -0.05) is 0 Å². The molecular weight excluding hydrogens is 405 g/mol. The first-order valence-corrected chi connectivity index (χ1v) is 8.27. The molecule has 0 radical (unpaired) electrons. The second kappa shape index (κ2) is 12.8. The molecular formula is C16H36IN5O. The van der Waals surface area contributed by atoms with Crippen molar-refractivity contribution >= 4 is 35.8 Å².